The van der Waals surface area contributed by atoms with Crippen molar-refractivity contribution in [3.8, 4) is 0 Å². The van der Waals surface area contributed by atoms with E-state index in [0.29, 0.717) is 0 Å². The lowest BCUT2D eigenvalue weighted by atomic mass is 9.89. The molecule has 0 fully saturated rings. The van der Waals surface area contributed by atoms with Crippen LogP contribution in [0.4, 0.5) is 0 Å². The maximum atomic E-state index is 5.64. The lowest BCUT2D eigenvalue weighted by Gasteiger charge is -2.36. The molecular formula is C12H21N3O. The van der Waals surface area contributed by atoms with E-state index in [4.69, 9.17) is 4.74 Å². The molecule has 0 aliphatic rings. The van der Waals surface area contributed by atoms with Gasteiger partial charge in [-0.3, -0.25) is 0 Å². The molecule has 0 aliphatic heterocycles. The molecule has 0 bridgehead atoms. The number of rotatable bonds is 6. The van der Waals surface area contributed by atoms with E-state index in [-0.39, 0.29) is 11.6 Å². The number of likely N-dealkylation sites (N-methyl/N-ethyl adjacent to an activating group) is 1. The molecule has 1 N–H and O–H groups in total. The molecule has 90 valence electrons. The van der Waals surface area contributed by atoms with Crippen LogP contribution in [0.15, 0.2) is 18.7 Å². The van der Waals surface area contributed by atoms with E-state index in [1.807, 2.05) is 12.4 Å². The van der Waals surface area contributed by atoms with Gasteiger partial charge in [-0.15, -0.1) is 0 Å². The third-order valence-electron chi connectivity index (χ3n) is 3.10. The van der Waals surface area contributed by atoms with Crippen molar-refractivity contribution in [2.24, 2.45) is 0 Å². The SMILES string of the molecule is CCNC(c1cncnc1)C(C)(CC)OC. The van der Waals surface area contributed by atoms with E-state index in [1.165, 1.54) is 0 Å². The first kappa shape index (κ1) is 13.1. The second kappa shape index (κ2) is 5.92. The maximum absolute atomic E-state index is 5.64. The van der Waals surface area contributed by atoms with Crippen molar-refractivity contribution in [3.05, 3.63) is 24.3 Å². The summed E-state index contributed by atoms with van der Waals surface area (Å²) < 4.78 is 5.64. The Labute approximate surface area is 97.5 Å². The van der Waals surface area contributed by atoms with E-state index in [2.05, 4.69) is 36.1 Å². The lowest BCUT2D eigenvalue weighted by molar-refractivity contribution is -0.0297. The van der Waals surface area contributed by atoms with Gasteiger partial charge in [-0.05, 0) is 19.9 Å². The van der Waals surface area contributed by atoms with Crippen LogP contribution in [0, 0.1) is 0 Å². The van der Waals surface area contributed by atoms with Crippen LogP contribution >= 0.6 is 0 Å². The van der Waals surface area contributed by atoms with Crippen molar-refractivity contribution in [2.45, 2.75) is 38.8 Å². The molecule has 0 saturated heterocycles. The summed E-state index contributed by atoms with van der Waals surface area (Å²) in [6, 6.07) is 0.119. The molecule has 0 aromatic carbocycles. The molecule has 0 aliphatic carbocycles. The first-order chi connectivity index (χ1) is 7.68. The third-order valence-corrected chi connectivity index (χ3v) is 3.10. The Hall–Kier alpha value is -1.00. The number of ether oxygens (including phenoxy) is 1. The Morgan fingerprint density at radius 2 is 2.00 bits per heavy atom. The van der Waals surface area contributed by atoms with Gasteiger partial charge in [0, 0.05) is 25.1 Å². The maximum Gasteiger partial charge on any atom is 0.115 e. The molecule has 1 aromatic rings. The number of aromatic nitrogens is 2. The van der Waals surface area contributed by atoms with Crippen LogP contribution in [0.3, 0.4) is 0 Å². The summed E-state index contributed by atoms with van der Waals surface area (Å²) in [6.07, 6.45) is 6.15. The van der Waals surface area contributed by atoms with Crippen LogP contribution in [-0.4, -0.2) is 29.2 Å². The number of methoxy groups -OCH3 is 1. The first-order valence-corrected chi connectivity index (χ1v) is 5.71. The Morgan fingerprint density at radius 3 is 2.44 bits per heavy atom. The van der Waals surface area contributed by atoms with Crippen molar-refractivity contribution >= 4 is 0 Å². The Balaban J connectivity index is 2.99. The topological polar surface area (TPSA) is 47.0 Å². The van der Waals surface area contributed by atoms with Gasteiger partial charge in [-0.25, -0.2) is 9.97 Å². The van der Waals surface area contributed by atoms with E-state index in [0.717, 1.165) is 18.5 Å². The highest BCUT2D eigenvalue weighted by Gasteiger charge is 2.33. The number of hydrogen-bond acceptors (Lipinski definition) is 4. The van der Waals surface area contributed by atoms with Crippen LogP contribution in [-0.2, 0) is 4.74 Å². The average molecular weight is 223 g/mol. The van der Waals surface area contributed by atoms with Crippen LogP contribution in [0.5, 0.6) is 0 Å². The number of hydrogen-bond donors (Lipinski definition) is 1. The molecule has 1 heterocycles. The van der Waals surface area contributed by atoms with E-state index < -0.39 is 0 Å². The van der Waals surface area contributed by atoms with E-state index in [9.17, 15) is 0 Å². The second-order valence-corrected chi connectivity index (χ2v) is 4.03. The molecule has 4 heteroatoms. The summed E-state index contributed by atoms with van der Waals surface area (Å²) in [4.78, 5) is 8.13. The van der Waals surface area contributed by atoms with Gasteiger partial charge in [-0.1, -0.05) is 13.8 Å². The summed E-state index contributed by atoms with van der Waals surface area (Å²) in [7, 11) is 1.75. The predicted octanol–water partition coefficient (Wildman–Crippen LogP) is 1.94. The van der Waals surface area contributed by atoms with Gasteiger partial charge in [0.1, 0.15) is 6.33 Å². The quantitative estimate of drug-likeness (QED) is 0.800. The van der Waals surface area contributed by atoms with Crippen molar-refractivity contribution in [2.75, 3.05) is 13.7 Å². The molecule has 0 saturated carbocycles. The highest BCUT2D eigenvalue weighted by molar-refractivity contribution is 5.14. The molecule has 2 unspecified atom stereocenters. The molecule has 16 heavy (non-hydrogen) atoms. The minimum absolute atomic E-state index is 0.119. The summed E-state index contributed by atoms with van der Waals surface area (Å²) >= 11 is 0. The molecule has 1 rings (SSSR count). The minimum atomic E-state index is -0.235. The standard InChI is InChI=1S/C12H21N3O/c1-5-12(3,16-4)11(15-6-2)10-7-13-9-14-8-10/h7-9,11,15H,5-6H2,1-4H3. The molecule has 4 nitrogen and oxygen atoms in total. The second-order valence-electron chi connectivity index (χ2n) is 4.03. The summed E-state index contributed by atoms with van der Waals surface area (Å²) in [6.45, 7) is 7.20. The van der Waals surface area contributed by atoms with E-state index in [1.54, 1.807) is 13.4 Å². The van der Waals surface area contributed by atoms with Crippen LogP contribution in [0.2, 0.25) is 0 Å². The van der Waals surface area contributed by atoms with Gasteiger partial charge in [-0.2, -0.15) is 0 Å². The van der Waals surface area contributed by atoms with Gasteiger partial charge in [0.25, 0.3) is 0 Å². The Kier molecular flexibility index (Phi) is 4.83. The average Bonchev–Trinajstić information content (AvgIpc) is 2.36. The highest BCUT2D eigenvalue weighted by atomic mass is 16.5. The fourth-order valence-corrected chi connectivity index (χ4v) is 1.82. The monoisotopic (exact) mass is 223 g/mol. The summed E-state index contributed by atoms with van der Waals surface area (Å²) in [5.41, 5.74) is 0.830. The van der Waals surface area contributed by atoms with Gasteiger partial charge in [0.2, 0.25) is 0 Å². The van der Waals surface area contributed by atoms with Gasteiger partial charge in [0.15, 0.2) is 0 Å². The number of nitrogens with one attached hydrogen (secondary N) is 1. The van der Waals surface area contributed by atoms with Crippen LogP contribution < -0.4 is 5.32 Å². The van der Waals surface area contributed by atoms with Crippen molar-refractivity contribution in [1.82, 2.24) is 15.3 Å². The molecule has 0 radical (unpaired) electrons. The zero-order valence-electron chi connectivity index (χ0n) is 10.5. The molecular weight excluding hydrogens is 202 g/mol. The molecule has 2 atom stereocenters. The first-order valence-electron chi connectivity index (χ1n) is 5.71. The van der Waals surface area contributed by atoms with Crippen molar-refractivity contribution in [3.63, 3.8) is 0 Å². The smallest absolute Gasteiger partial charge is 0.115 e. The predicted molar refractivity (Wildman–Crippen MR) is 64.2 cm³/mol. The van der Waals surface area contributed by atoms with Crippen LogP contribution in [0.25, 0.3) is 0 Å². The Bertz CT molecular complexity index is 298. The zero-order chi connectivity index (χ0) is 12.0. The molecule has 1 aromatic heterocycles. The normalized spacial score (nSPS) is 16.8. The lowest BCUT2D eigenvalue weighted by Crippen LogP contribution is -2.42. The largest absolute Gasteiger partial charge is 0.377 e. The third kappa shape index (κ3) is 2.77. The summed E-state index contributed by atoms with van der Waals surface area (Å²) in [5.74, 6) is 0. The Morgan fingerprint density at radius 1 is 1.38 bits per heavy atom. The summed E-state index contributed by atoms with van der Waals surface area (Å²) in [5, 5.41) is 3.44. The van der Waals surface area contributed by atoms with Gasteiger partial charge in [0.05, 0.1) is 11.6 Å². The minimum Gasteiger partial charge on any atom is -0.377 e. The molecule has 0 amide bonds. The number of nitrogens with zero attached hydrogens (tertiary/aromatic N) is 2. The van der Waals surface area contributed by atoms with Crippen molar-refractivity contribution in [1.29, 1.82) is 0 Å². The highest BCUT2D eigenvalue weighted by Crippen LogP contribution is 2.30. The van der Waals surface area contributed by atoms with Gasteiger partial charge < -0.3 is 10.1 Å². The fourth-order valence-electron chi connectivity index (χ4n) is 1.82. The van der Waals surface area contributed by atoms with Crippen LogP contribution in [0.1, 0.15) is 38.8 Å². The van der Waals surface area contributed by atoms with Crippen molar-refractivity contribution < 1.29 is 4.74 Å². The van der Waals surface area contributed by atoms with Gasteiger partial charge >= 0.3 is 0 Å². The fraction of sp³-hybridized carbons (Fsp3) is 0.667. The molecule has 0 spiro atoms. The van der Waals surface area contributed by atoms with E-state index >= 15 is 0 Å². The zero-order valence-corrected chi connectivity index (χ0v) is 10.5.